The molecule has 0 radical (unpaired) electrons. The van der Waals surface area contributed by atoms with Crippen LogP contribution >= 0.6 is 11.3 Å². The summed E-state index contributed by atoms with van der Waals surface area (Å²) >= 11 is 1.51. The van der Waals surface area contributed by atoms with Crippen LogP contribution in [0.2, 0.25) is 0 Å². The van der Waals surface area contributed by atoms with Gasteiger partial charge in [0.1, 0.15) is 16.8 Å². The molecule has 1 aromatic carbocycles. The number of anilines is 1. The third kappa shape index (κ3) is 3.08. The van der Waals surface area contributed by atoms with Gasteiger partial charge < -0.3 is 10.1 Å². The van der Waals surface area contributed by atoms with E-state index in [9.17, 15) is 10.1 Å². The lowest BCUT2D eigenvalue weighted by atomic mass is 10.1. The highest BCUT2D eigenvalue weighted by molar-refractivity contribution is 7.16. The summed E-state index contributed by atoms with van der Waals surface area (Å²) in [4.78, 5) is 13.8. The summed E-state index contributed by atoms with van der Waals surface area (Å²) in [5, 5.41) is 12.9. The zero-order chi connectivity index (χ0) is 16.4. The summed E-state index contributed by atoms with van der Waals surface area (Å²) < 4.78 is 5.80. The molecule has 1 heterocycles. The Morgan fingerprint density at radius 2 is 2.04 bits per heavy atom. The van der Waals surface area contributed by atoms with Crippen LogP contribution in [0.4, 0.5) is 5.00 Å². The number of carbonyl (C=O) groups is 1. The van der Waals surface area contributed by atoms with E-state index in [1.165, 1.54) is 16.2 Å². The number of thiophene rings is 1. The summed E-state index contributed by atoms with van der Waals surface area (Å²) in [6, 6.07) is 11.5. The predicted molar refractivity (Wildman–Crippen MR) is 90.8 cm³/mol. The quantitative estimate of drug-likeness (QED) is 0.926. The molecular weight excluding hydrogens is 308 g/mol. The van der Waals surface area contributed by atoms with Crippen LogP contribution in [0.5, 0.6) is 5.75 Å². The second-order valence-corrected chi connectivity index (χ2v) is 7.16. The average molecular weight is 326 g/mol. The predicted octanol–water partition coefficient (Wildman–Crippen LogP) is 3.90. The van der Waals surface area contributed by atoms with Crippen LogP contribution in [-0.4, -0.2) is 11.5 Å². The van der Waals surface area contributed by atoms with Crippen molar-refractivity contribution in [1.29, 1.82) is 5.26 Å². The molecule has 0 fully saturated rings. The molecule has 0 saturated heterocycles. The number of aryl methyl sites for hydroxylation is 1. The fraction of sp³-hybridized carbons (Fsp3) is 0.333. The molecule has 3 rings (SSSR count). The molecule has 2 aromatic rings. The first kappa shape index (κ1) is 15.6. The molecule has 0 bridgehead atoms. The van der Waals surface area contributed by atoms with Crippen molar-refractivity contribution >= 4 is 22.2 Å². The van der Waals surface area contributed by atoms with Crippen molar-refractivity contribution in [1.82, 2.24) is 0 Å². The number of hydrogen-bond donors (Lipinski definition) is 1. The monoisotopic (exact) mass is 326 g/mol. The maximum atomic E-state index is 12.6. The van der Waals surface area contributed by atoms with Gasteiger partial charge in [0.2, 0.25) is 0 Å². The molecule has 0 saturated carbocycles. The van der Waals surface area contributed by atoms with Crippen LogP contribution in [-0.2, 0) is 17.6 Å². The fourth-order valence-corrected chi connectivity index (χ4v) is 3.93. The highest BCUT2D eigenvalue weighted by Gasteiger charge is 2.32. The van der Waals surface area contributed by atoms with E-state index in [4.69, 9.17) is 4.74 Å². The molecule has 1 aliphatic carbocycles. The highest BCUT2D eigenvalue weighted by atomic mass is 32.1. The van der Waals surface area contributed by atoms with Crippen LogP contribution in [0.3, 0.4) is 0 Å². The number of benzene rings is 1. The van der Waals surface area contributed by atoms with Crippen LogP contribution in [0, 0.1) is 11.3 Å². The molecule has 0 spiro atoms. The van der Waals surface area contributed by atoms with Gasteiger partial charge in [-0.3, -0.25) is 4.79 Å². The normalized spacial score (nSPS) is 13.3. The molecule has 0 atom stereocenters. The Kier molecular flexibility index (Phi) is 4.10. The minimum absolute atomic E-state index is 0.252. The van der Waals surface area contributed by atoms with Gasteiger partial charge in [-0.05, 0) is 50.8 Å². The van der Waals surface area contributed by atoms with E-state index in [0.717, 1.165) is 24.8 Å². The molecule has 1 N–H and O–H groups in total. The molecule has 23 heavy (non-hydrogen) atoms. The van der Waals surface area contributed by atoms with Gasteiger partial charge in [-0.15, -0.1) is 11.3 Å². The van der Waals surface area contributed by atoms with Gasteiger partial charge >= 0.3 is 0 Å². The smallest absolute Gasteiger partial charge is 0.268 e. The van der Waals surface area contributed by atoms with Gasteiger partial charge in [0.05, 0.1) is 5.56 Å². The van der Waals surface area contributed by atoms with Gasteiger partial charge in [-0.1, -0.05) is 18.2 Å². The van der Waals surface area contributed by atoms with Crippen molar-refractivity contribution in [3.8, 4) is 11.8 Å². The van der Waals surface area contributed by atoms with Crippen LogP contribution in [0.15, 0.2) is 30.3 Å². The lowest BCUT2D eigenvalue weighted by Crippen LogP contribution is -2.42. The van der Waals surface area contributed by atoms with E-state index in [-0.39, 0.29) is 5.91 Å². The second-order valence-electron chi connectivity index (χ2n) is 6.05. The van der Waals surface area contributed by atoms with Crippen molar-refractivity contribution in [2.45, 2.75) is 38.7 Å². The maximum absolute atomic E-state index is 12.6. The van der Waals surface area contributed by atoms with Gasteiger partial charge in [0, 0.05) is 4.88 Å². The summed E-state index contributed by atoms with van der Waals surface area (Å²) in [6.45, 7) is 3.45. The molecular formula is C18H18N2O2S. The lowest BCUT2D eigenvalue weighted by molar-refractivity contribution is -0.128. The number of fused-ring (bicyclic) bond motifs is 1. The molecule has 0 unspecified atom stereocenters. The molecule has 5 heteroatoms. The first-order chi connectivity index (χ1) is 11.0. The van der Waals surface area contributed by atoms with Crippen LogP contribution in [0.1, 0.15) is 36.3 Å². The zero-order valence-electron chi connectivity index (χ0n) is 13.2. The number of carbonyl (C=O) groups excluding carboxylic acids is 1. The van der Waals surface area contributed by atoms with Gasteiger partial charge in [0.25, 0.3) is 5.91 Å². The lowest BCUT2D eigenvalue weighted by Gasteiger charge is -2.25. The largest absolute Gasteiger partial charge is 0.478 e. The van der Waals surface area contributed by atoms with Gasteiger partial charge in [-0.2, -0.15) is 5.26 Å². The Bertz CT molecular complexity index is 772. The Balaban J connectivity index is 1.78. The number of nitrogens with one attached hydrogen (secondary N) is 1. The van der Waals surface area contributed by atoms with Gasteiger partial charge in [-0.25, -0.2) is 0 Å². The zero-order valence-corrected chi connectivity index (χ0v) is 14.0. The Morgan fingerprint density at radius 1 is 1.30 bits per heavy atom. The van der Waals surface area contributed by atoms with Crippen molar-refractivity contribution in [3.05, 3.63) is 46.3 Å². The summed E-state index contributed by atoms with van der Waals surface area (Å²) in [7, 11) is 0. The molecule has 0 aliphatic heterocycles. The van der Waals surface area contributed by atoms with Crippen molar-refractivity contribution in [2.24, 2.45) is 0 Å². The SMILES string of the molecule is CC(C)(Oc1ccccc1)C(=O)Nc1sc2c(c1C#N)CCC2. The number of hydrogen-bond acceptors (Lipinski definition) is 4. The molecule has 1 aromatic heterocycles. The van der Waals surface area contributed by atoms with Crippen molar-refractivity contribution < 1.29 is 9.53 Å². The Hall–Kier alpha value is -2.32. The van der Waals surface area contributed by atoms with Crippen LogP contribution < -0.4 is 10.1 Å². The molecule has 1 amide bonds. The summed E-state index contributed by atoms with van der Waals surface area (Å²) in [5.41, 5.74) is 0.698. The molecule has 4 nitrogen and oxygen atoms in total. The number of amides is 1. The molecule has 1 aliphatic rings. The summed E-state index contributed by atoms with van der Waals surface area (Å²) in [6.07, 6.45) is 3.01. The molecule has 118 valence electrons. The minimum atomic E-state index is -1.03. The topological polar surface area (TPSA) is 62.1 Å². The van der Waals surface area contributed by atoms with Gasteiger partial charge in [0.15, 0.2) is 5.60 Å². The van der Waals surface area contributed by atoms with E-state index in [1.54, 1.807) is 13.8 Å². The van der Waals surface area contributed by atoms with E-state index in [1.807, 2.05) is 30.3 Å². The van der Waals surface area contributed by atoms with Crippen molar-refractivity contribution in [3.63, 3.8) is 0 Å². The average Bonchev–Trinajstić information content (AvgIpc) is 3.08. The van der Waals surface area contributed by atoms with Crippen molar-refractivity contribution in [2.75, 3.05) is 5.32 Å². The third-order valence-electron chi connectivity index (χ3n) is 3.92. The van der Waals surface area contributed by atoms with E-state index in [2.05, 4.69) is 11.4 Å². The Labute approximate surface area is 139 Å². The number of nitrogens with zero attached hydrogens (tertiary/aromatic N) is 1. The summed E-state index contributed by atoms with van der Waals surface area (Å²) in [5.74, 6) is 0.389. The van der Waals surface area contributed by atoms with E-state index < -0.39 is 5.60 Å². The number of rotatable bonds is 4. The number of ether oxygens (including phenoxy) is 1. The standard InChI is InChI=1S/C18H18N2O2S/c1-18(2,22-12-7-4-3-5-8-12)17(21)20-16-14(11-19)13-9-6-10-15(13)23-16/h3-5,7-8H,6,9-10H2,1-2H3,(H,20,21). The van der Waals surface area contributed by atoms with E-state index >= 15 is 0 Å². The minimum Gasteiger partial charge on any atom is -0.478 e. The number of para-hydroxylation sites is 1. The fourth-order valence-electron chi connectivity index (χ4n) is 2.69. The first-order valence-electron chi connectivity index (χ1n) is 7.61. The number of nitriles is 1. The first-order valence-corrected chi connectivity index (χ1v) is 8.43. The Morgan fingerprint density at radius 3 is 2.74 bits per heavy atom. The third-order valence-corrected chi connectivity index (χ3v) is 5.13. The highest BCUT2D eigenvalue weighted by Crippen LogP contribution is 2.38. The van der Waals surface area contributed by atoms with Crippen LogP contribution in [0.25, 0.3) is 0 Å². The second kappa shape index (κ2) is 6.05. The van der Waals surface area contributed by atoms with E-state index in [0.29, 0.717) is 16.3 Å². The maximum Gasteiger partial charge on any atom is 0.268 e.